The largest absolute Gasteiger partial charge is 0.462 e. The van der Waals surface area contributed by atoms with E-state index in [0.29, 0.717) is 29.7 Å². The van der Waals surface area contributed by atoms with Crippen LogP contribution in [0.2, 0.25) is 0 Å². The van der Waals surface area contributed by atoms with Crippen molar-refractivity contribution >= 4 is 11.9 Å². The van der Waals surface area contributed by atoms with Gasteiger partial charge < -0.3 is 14.6 Å². The molecule has 0 bridgehead atoms. The molecule has 3 rings (SSSR count). The third-order valence-corrected chi connectivity index (χ3v) is 6.67. The summed E-state index contributed by atoms with van der Waals surface area (Å²) in [5, 5.41) is 9.89. The summed E-state index contributed by atoms with van der Waals surface area (Å²) in [6, 6.07) is 0. The summed E-state index contributed by atoms with van der Waals surface area (Å²) in [6.45, 7) is 8.00. The number of aliphatic hydroxyl groups is 1. The van der Waals surface area contributed by atoms with Gasteiger partial charge in [-0.3, -0.25) is 4.79 Å². The monoisotopic (exact) mass is 402 g/mol. The van der Waals surface area contributed by atoms with Gasteiger partial charge in [-0.25, -0.2) is 4.79 Å². The van der Waals surface area contributed by atoms with Gasteiger partial charge in [0, 0.05) is 17.9 Å². The summed E-state index contributed by atoms with van der Waals surface area (Å²) in [4.78, 5) is 24.1. The van der Waals surface area contributed by atoms with E-state index in [2.05, 4.69) is 32.1 Å². The molecule has 7 atom stereocenters. The Labute approximate surface area is 173 Å². The highest BCUT2D eigenvalue weighted by Crippen LogP contribution is 2.45. The second-order valence-corrected chi connectivity index (χ2v) is 8.99. The maximum atomic E-state index is 12.5. The maximum Gasteiger partial charge on any atom is 0.333 e. The number of carbonyl (C=O) groups is 2. The standard InChI is InChI=1S/C24H34O5/c1-5-15(3)24(27)29-21-11-14(2)10-17-7-6-16(4)20(23(17)21)9-8-19-12-18(25)13-22(26)28-19/h5-7,10,14,16,18-21,23,25H,8-9,11-13H2,1-4H3/b15-5+. The van der Waals surface area contributed by atoms with Crippen LogP contribution < -0.4 is 0 Å². The summed E-state index contributed by atoms with van der Waals surface area (Å²) in [7, 11) is 0. The molecule has 1 heterocycles. The van der Waals surface area contributed by atoms with Crippen LogP contribution in [0.15, 0.2) is 35.5 Å². The first-order valence-electron chi connectivity index (χ1n) is 10.9. The van der Waals surface area contributed by atoms with Crippen LogP contribution in [0.5, 0.6) is 0 Å². The topological polar surface area (TPSA) is 72.8 Å². The van der Waals surface area contributed by atoms with Gasteiger partial charge in [0.15, 0.2) is 0 Å². The van der Waals surface area contributed by atoms with Gasteiger partial charge in [0.1, 0.15) is 12.2 Å². The number of fused-ring (bicyclic) bond motifs is 1. The van der Waals surface area contributed by atoms with E-state index in [4.69, 9.17) is 9.47 Å². The molecule has 5 nitrogen and oxygen atoms in total. The number of allylic oxidation sites excluding steroid dienone is 4. The molecule has 1 fully saturated rings. The first-order chi connectivity index (χ1) is 13.8. The van der Waals surface area contributed by atoms with Gasteiger partial charge >= 0.3 is 11.9 Å². The zero-order chi connectivity index (χ0) is 21.1. The van der Waals surface area contributed by atoms with Gasteiger partial charge in [-0.2, -0.15) is 0 Å². The van der Waals surface area contributed by atoms with Crippen molar-refractivity contribution in [1.29, 1.82) is 0 Å². The Hall–Kier alpha value is -1.88. The second-order valence-electron chi connectivity index (χ2n) is 8.99. The molecular weight excluding hydrogens is 368 g/mol. The van der Waals surface area contributed by atoms with Crippen molar-refractivity contribution in [3.63, 3.8) is 0 Å². The number of ether oxygens (including phenoxy) is 2. The Balaban J connectivity index is 1.76. The zero-order valence-corrected chi connectivity index (χ0v) is 18.0. The fraction of sp³-hybridized carbons (Fsp3) is 0.667. The van der Waals surface area contributed by atoms with Gasteiger partial charge in [-0.1, -0.05) is 38.2 Å². The van der Waals surface area contributed by atoms with Crippen LogP contribution in [0.4, 0.5) is 0 Å². The molecule has 0 spiro atoms. The van der Waals surface area contributed by atoms with Crippen molar-refractivity contribution in [3.05, 3.63) is 35.5 Å². The van der Waals surface area contributed by atoms with Crippen molar-refractivity contribution in [2.24, 2.45) is 23.7 Å². The average Bonchev–Trinajstić information content (AvgIpc) is 2.65. The third-order valence-electron chi connectivity index (χ3n) is 6.67. The highest BCUT2D eigenvalue weighted by Gasteiger charge is 2.42. The Morgan fingerprint density at radius 2 is 2.07 bits per heavy atom. The van der Waals surface area contributed by atoms with Crippen LogP contribution in [0.25, 0.3) is 0 Å². The van der Waals surface area contributed by atoms with Gasteiger partial charge in [-0.15, -0.1) is 0 Å². The molecule has 3 aliphatic rings. The van der Waals surface area contributed by atoms with Crippen molar-refractivity contribution in [2.45, 2.75) is 78.1 Å². The Morgan fingerprint density at radius 1 is 1.31 bits per heavy atom. The number of esters is 2. The molecule has 7 unspecified atom stereocenters. The summed E-state index contributed by atoms with van der Waals surface area (Å²) < 4.78 is 11.4. The molecule has 5 heteroatoms. The maximum absolute atomic E-state index is 12.5. The van der Waals surface area contributed by atoms with Gasteiger partial charge in [-0.05, 0) is 56.4 Å². The molecule has 1 saturated heterocycles. The zero-order valence-electron chi connectivity index (χ0n) is 18.0. The van der Waals surface area contributed by atoms with Crippen molar-refractivity contribution < 1.29 is 24.2 Å². The molecule has 0 amide bonds. The van der Waals surface area contributed by atoms with Crippen LogP contribution in [-0.2, 0) is 19.1 Å². The lowest BCUT2D eigenvalue weighted by Gasteiger charge is -2.43. The van der Waals surface area contributed by atoms with E-state index >= 15 is 0 Å². The summed E-state index contributed by atoms with van der Waals surface area (Å²) in [6.07, 6.45) is 10.5. The van der Waals surface area contributed by atoms with Gasteiger partial charge in [0.25, 0.3) is 0 Å². The van der Waals surface area contributed by atoms with E-state index in [-0.39, 0.29) is 36.5 Å². The number of rotatable bonds is 5. The molecule has 0 saturated carbocycles. The molecule has 0 aromatic heterocycles. The summed E-state index contributed by atoms with van der Waals surface area (Å²) in [5.74, 6) is 0.614. The normalized spacial score (nSPS) is 37.4. The lowest BCUT2D eigenvalue weighted by Crippen LogP contribution is -2.41. The molecule has 1 N–H and O–H groups in total. The predicted octanol–water partition coefficient (Wildman–Crippen LogP) is 4.12. The molecule has 0 aromatic carbocycles. The Kier molecular flexibility index (Phi) is 6.99. The molecule has 2 aliphatic carbocycles. The van der Waals surface area contributed by atoms with Crippen LogP contribution in [0.1, 0.15) is 59.8 Å². The first kappa shape index (κ1) is 21.8. The van der Waals surface area contributed by atoms with Gasteiger partial charge in [0.05, 0.1) is 12.5 Å². The number of carbonyl (C=O) groups excluding carboxylic acids is 2. The number of aliphatic hydroxyl groups excluding tert-OH is 1. The van der Waals surface area contributed by atoms with E-state index in [1.807, 2.05) is 6.92 Å². The minimum Gasteiger partial charge on any atom is -0.462 e. The van der Waals surface area contributed by atoms with Crippen LogP contribution in [0, 0.1) is 23.7 Å². The van der Waals surface area contributed by atoms with E-state index in [1.54, 1.807) is 13.0 Å². The van der Waals surface area contributed by atoms with Crippen molar-refractivity contribution in [2.75, 3.05) is 0 Å². The molecule has 0 radical (unpaired) electrons. The minimum atomic E-state index is -0.603. The second kappa shape index (κ2) is 9.29. The van der Waals surface area contributed by atoms with E-state index < -0.39 is 6.10 Å². The number of cyclic esters (lactones) is 1. The Bertz CT molecular complexity index is 719. The summed E-state index contributed by atoms with van der Waals surface area (Å²) >= 11 is 0. The molecular formula is C24H34O5. The molecule has 1 aliphatic heterocycles. The van der Waals surface area contributed by atoms with Gasteiger partial charge in [0.2, 0.25) is 0 Å². The smallest absolute Gasteiger partial charge is 0.333 e. The molecule has 29 heavy (non-hydrogen) atoms. The van der Waals surface area contributed by atoms with Crippen molar-refractivity contribution in [1.82, 2.24) is 0 Å². The quantitative estimate of drug-likeness (QED) is 0.553. The molecule has 160 valence electrons. The molecule has 0 aromatic rings. The first-order valence-corrected chi connectivity index (χ1v) is 10.9. The highest BCUT2D eigenvalue weighted by atomic mass is 16.5. The van der Waals surface area contributed by atoms with Crippen LogP contribution >= 0.6 is 0 Å². The number of hydrogen-bond donors (Lipinski definition) is 1. The Morgan fingerprint density at radius 3 is 2.76 bits per heavy atom. The van der Waals surface area contributed by atoms with E-state index in [9.17, 15) is 14.7 Å². The SMILES string of the molecule is C/C=C(\C)C(=O)OC1CC(C)C=C2C=CC(C)C(CCC3CC(O)CC(=O)O3)C21. The lowest BCUT2D eigenvalue weighted by molar-refractivity contribution is -0.161. The highest BCUT2D eigenvalue weighted by molar-refractivity contribution is 5.87. The van der Waals surface area contributed by atoms with Crippen LogP contribution in [-0.4, -0.2) is 35.4 Å². The number of hydrogen-bond acceptors (Lipinski definition) is 5. The van der Waals surface area contributed by atoms with E-state index in [0.717, 1.165) is 19.3 Å². The fourth-order valence-corrected chi connectivity index (χ4v) is 4.99. The third kappa shape index (κ3) is 5.19. The lowest BCUT2D eigenvalue weighted by atomic mass is 9.65. The summed E-state index contributed by atoms with van der Waals surface area (Å²) in [5.41, 5.74) is 1.89. The van der Waals surface area contributed by atoms with Crippen molar-refractivity contribution in [3.8, 4) is 0 Å². The average molecular weight is 403 g/mol. The minimum absolute atomic E-state index is 0.0921. The fourth-order valence-electron chi connectivity index (χ4n) is 4.99. The predicted molar refractivity (Wildman–Crippen MR) is 111 cm³/mol. The van der Waals surface area contributed by atoms with Crippen LogP contribution in [0.3, 0.4) is 0 Å². The van der Waals surface area contributed by atoms with E-state index in [1.165, 1.54) is 5.57 Å².